The molecule has 4 N–H and O–H groups in total. The molecule has 0 spiro atoms. The van der Waals surface area contributed by atoms with Gasteiger partial charge >= 0.3 is 0 Å². The summed E-state index contributed by atoms with van der Waals surface area (Å²) in [6.45, 7) is 1.84. The van der Waals surface area contributed by atoms with Crippen LogP contribution in [-0.4, -0.2) is 30.9 Å². The van der Waals surface area contributed by atoms with Gasteiger partial charge in [-0.1, -0.05) is 0 Å². The van der Waals surface area contributed by atoms with E-state index in [1.165, 1.54) is 0 Å². The van der Waals surface area contributed by atoms with Crippen LogP contribution < -0.4 is 16.4 Å². The minimum atomic E-state index is -0.577. The molecule has 0 bridgehead atoms. The number of carbonyl (C=O) groups is 2. The van der Waals surface area contributed by atoms with Crippen molar-refractivity contribution >= 4 is 11.8 Å². The lowest BCUT2D eigenvalue weighted by Gasteiger charge is -2.23. The van der Waals surface area contributed by atoms with Gasteiger partial charge in [-0.2, -0.15) is 0 Å². The van der Waals surface area contributed by atoms with Gasteiger partial charge in [0.15, 0.2) is 0 Å². The molecule has 1 aliphatic rings. The number of carbonyl (C=O) groups excluding carboxylic acids is 2. The van der Waals surface area contributed by atoms with Gasteiger partial charge in [0.05, 0.1) is 0 Å². The Morgan fingerprint density at radius 1 is 1.38 bits per heavy atom. The summed E-state index contributed by atoms with van der Waals surface area (Å²) in [5.74, 6) is -0.842. The van der Waals surface area contributed by atoms with Gasteiger partial charge < -0.3 is 16.4 Å². The first kappa shape index (κ1) is 9.98. The Hall–Kier alpha value is -1.10. The van der Waals surface area contributed by atoms with E-state index >= 15 is 0 Å². The first-order chi connectivity index (χ1) is 6.18. The fourth-order valence-corrected chi connectivity index (χ4v) is 1.40. The Kier molecular flexibility index (Phi) is 3.70. The molecule has 0 atom stereocenters. The van der Waals surface area contributed by atoms with Crippen LogP contribution in [0.5, 0.6) is 0 Å². The third-order valence-electron chi connectivity index (χ3n) is 2.04. The monoisotopic (exact) mass is 185 g/mol. The summed E-state index contributed by atoms with van der Waals surface area (Å²) in [7, 11) is 0. The summed E-state index contributed by atoms with van der Waals surface area (Å²) in [5.41, 5.74) is 4.89. The van der Waals surface area contributed by atoms with Crippen molar-refractivity contribution in [3.05, 3.63) is 0 Å². The normalized spacial score (nSPS) is 18.2. The lowest BCUT2D eigenvalue weighted by atomic mass is 10.1. The zero-order chi connectivity index (χ0) is 9.68. The van der Waals surface area contributed by atoms with Crippen LogP contribution in [0.3, 0.4) is 0 Å². The van der Waals surface area contributed by atoms with Gasteiger partial charge in [0.25, 0.3) is 0 Å². The second-order valence-electron chi connectivity index (χ2n) is 3.23. The predicted molar refractivity (Wildman–Crippen MR) is 47.8 cm³/mol. The van der Waals surface area contributed by atoms with Gasteiger partial charge in [0.1, 0.15) is 6.42 Å². The van der Waals surface area contributed by atoms with Gasteiger partial charge in [-0.05, 0) is 25.9 Å². The van der Waals surface area contributed by atoms with Gasteiger partial charge in [0, 0.05) is 6.04 Å². The van der Waals surface area contributed by atoms with Crippen LogP contribution in [0.25, 0.3) is 0 Å². The van der Waals surface area contributed by atoms with E-state index in [-0.39, 0.29) is 18.4 Å². The maximum absolute atomic E-state index is 11.1. The third kappa shape index (κ3) is 3.89. The number of piperidine rings is 1. The SMILES string of the molecule is NC(=O)CC(=O)NC1CCNCC1. The van der Waals surface area contributed by atoms with E-state index in [4.69, 9.17) is 5.73 Å². The van der Waals surface area contributed by atoms with Gasteiger partial charge in [0.2, 0.25) is 11.8 Å². The summed E-state index contributed by atoms with van der Waals surface area (Å²) >= 11 is 0. The lowest BCUT2D eigenvalue weighted by Crippen LogP contribution is -2.43. The van der Waals surface area contributed by atoms with E-state index in [9.17, 15) is 9.59 Å². The molecule has 1 fully saturated rings. The number of amides is 2. The second kappa shape index (κ2) is 4.81. The average Bonchev–Trinajstić information content (AvgIpc) is 2.04. The van der Waals surface area contributed by atoms with Crippen LogP contribution in [0.4, 0.5) is 0 Å². The first-order valence-electron chi connectivity index (χ1n) is 4.47. The highest BCUT2D eigenvalue weighted by molar-refractivity contribution is 5.96. The molecule has 0 aromatic heterocycles. The van der Waals surface area contributed by atoms with E-state index in [0.29, 0.717) is 0 Å². The molecule has 0 aromatic carbocycles. The van der Waals surface area contributed by atoms with Crippen LogP contribution in [-0.2, 0) is 9.59 Å². The van der Waals surface area contributed by atoms with E-state index in [2.05, 4.69) is 10.6 Å². The smallest absolute Gasteiger partial charge is 0.229 e. The van der Waals surface area contributed by atoms with Crippen LogP contribution >= 0.6 is 0 Å². The summed E-state index contributed by atoms with van der Waals surface area (Å²) in [6, 6.07) is 0.202. The quantitative estimate of drug-likeness (QED) is 0.479. The molecule has 5 nitrogen and oxygen atoms in total. The van der Waals surface area contributed by atoms with Gasteiger partial charge in [-0.15, -0.1) is 0 Å². The largest absolute Gasteiger partial charge is 0.369 e. The van der Waals surface area contributed by atoms with Crippen molar-refractivity contribution in [3.8, 4) is 0 Å². The Morgan fingerprint density at radius 2 is 2.00 bits per heavy atom. The molecule has 1 aliphatic heterocycles. The third-order valence-corrected chi connectivity index (χ3v) is 2.04. The second-order valence-corrected chi connectivity index (χ2v) is 3.23. The summed E-state index contributed by atoms with van der Waals surface area (Å²) in [6.07, 6.45) is 1.64. The summed E-state index contributed by atoms with van der Waals surface area (Å²) in [5, 5.41) is 5.96. The van der Waals surface area contributed by atoms with Gasteiger partial charge in [-0.25, -0.2) is 0 Å². The molecular weight excluding hydrogens is 170 g/mol. The first-order valence-corrected chi connectivity index (χ1v) is 4.47. The van der Waals surface area contributed by atoms with Crippen LogP contribution in [0.15, 0.2) is 0 Å². The van der Waals surface area contributed by atoms with Crippen LogP contribution in [0.1, 0.15) is 19.3 Å². The van der Waals surface area contributed by atoms with Crippen molar-refractivity contribution < 1.29 is 9.59 Å². The number of primary amides is 1. The van der Waals surface area contributed by atoms with Crippen LogP contribution in [0, 0.1) is 0 Å². The molecule has 0 aliphatic carbocycles. The highest BCUT2D eigenvalue weighted by atomic mass is 16.2. The van der Waals surface area contributed by atoms with E-state index in [0.717, 1.165) is 25.9 Å². The molecule has 2 amide bonds. The molecule has 13 heavy (non-hydrogen) atoms. The minimum Gasteiger partial charge on any atom is -0.369 e. The molecular formula is C8H15N3O2. The molecule has 0 aromatic rings. The number of rotatable bonds is 3. The molecule has 1 rings (SSSR count). The Balaban J connectivity index is 2.22. The maximum atomic E-state index is 11.1. The highest BCUT2D eigenvalue weighted by Crippen LogP contribution is 2.01. The highest BCUT2D eigenvalue weighted by Gasteiger charge is 2.15. The maximum Gasteiger partial charge on any atom is 0.229 e. The molecule has 1 saturated heterocycles. The summed E-state index contributed by atoms with van der Waals surface area (Å²) < 4.78 is 0. The fraction of sp³-hybridized carbons (Fsp3) is 0.750. The molecule has 1 heterocycles. The topological polar surface area (TPSA) is 84.2 Å². The van der Waals surface area contributed by atoms with Crippen molar-refractivity contribution in [1.29, 1.82) is 0 Å². The van der Waals surface area contributed by atoms with Crippen molar-refractivity contribution in [3.63, 3.8) is 0 Å². The molecule has 0 radical (unpaired) electrons. The fourth-order valence-electron chi connectivity index (χ4n) is 1.40. The summed E-state index contributed by atoms with van der Waals surface area (Å²) in [4.78, 5) is 21.5. The Labute approximate surface area is 77.1 Å². The lowest BCUT2D eigenvalue weighted by molar-refractivity contribution is -0.128. The minimum absolute atomic E-state index is 0.202. The predicted octanol–water partition coefficient (Wildman–Crippen LogP) is -1.27. The standard InChI is InChI=1S/C8H15N3O2/c9-7(12)5-8(13)11-6-1-3-10-4-2-6/h6,10H,1-5H2,(H2,9,12)(H,11,13). The van der Waals surface area contributed by atoms with Crippen molar-refractivity contribution in [2.75, 3.05) is 13.1 Å². The van der Waals surface area contributed by atoms with E-state index in [1.807, 2.05) is 0 Å². The van der Waals surface area contributed by atoms with Crippen molar-refractivity contribution in [2.24, 2.45) is 5.73 Å². The van der Waals surface area contributed by atoms with Crippen molar-refractivity contribution in [2.45, 2.75) is 25.3 Å². The zero-order valence-corrected chi connectivity index (χ0v) is 7.51. The number of nitrogens with two attached hydrogens (primary N) is 1. The number of hydrogen-bond acceptors (Lipinski definition) is 3. The van der Waals surface area contributed by atoms with Gasteiger partial charge in [-0.3, -0.25) is 9.59 Å². The molecule has 5 heteroatoms. The number of nitrogens with one attached hydrogen (secondary N) is 2. The zero-order valence-electron chi connectivity index (χ0n) is 7.51. The molecule has 0 saturated carbocycles. The van der Waals surface area contributed by atoms with E-state index < -0.39 is 5.91 Å². The number of hydrogen-bond donors (Lipinski definition) is 3. The Morgan fingerprint density at radius 3 is 2.54 bits per heavy atom. The Bertz CT molecular complexity index is 200. The average molecular weight is 185 g/mol. The molecule has 74 valence electrons. The molecule has 0 unspecified atom stereocenters. The van der Waals surface area contributed by atoms with E-state index in [1.54, 1.807) is 0 Å². The van der Waals surface area contributed by atoms with Crippen LogP contribution in [0.2, 0.25) is 0 Å². The van der Waals surface area contributed by atoms with Crippen molar-refractivity contribution in [1.82, 2.24) is 10.6 Å².